The molecule has 26 heavy (non-hydrogen) atoms. The van der Waals surface area contributed by atoms with Crippen molar-refractivity contribution in [3.63, 3.8) is 0 Å². The van der Waals surface area contributed by atoms with Gasteiger partial charge in [-0.15, -0.1) is 11.3 Å². The average molecular weight is 379 g/mol. The number of fused-ring (bicyclic) bond motifs is 1. The molecule has 3 rings (SSSR count). The zero-order valence-electron chi connectivity index (χ0n) is 14.8. The van der Waals surface area contributed by atoms with Gasteiger partial charge in [-0.05, 0) is 30.4 Å². The summed E-state index contributed by atoms with van der Waals surface area (Å²) in [6.45, 7) is 6.51. The van der Waals surface area contributed by atoms with Crippen molar-refractivity contribution in [1.82, 2.24) is 9.97 Å². The van der Waals surface area contributed by atoms with Crippen LogP contribution in [0, 0.1) is 12.3 Å². The number of halogens is 3. The quantitative estimate of drug-likeness (QED) is 0.618. The third kappa shape index (κ3) is 4.33. The van der Waals surface area contributed by atoms with Crippen molar-refractivity contribution in [2.24, 2.45) is 5.41 Å². The van der Waals surface area contributed by atoms with Gasteiger partial charge in [-0.3, -0.25) is 0 Å². The van der Waals surface area contributed by atoms with E-state index in [1.807, 2.05) is 31.2 Å². The summed E-state index contributed by atoms with van der Waals surface area (Å²) < 4.78 is 39.3. The Bertz CT molecular complexity index is 902. The highest BCUT2D eigenvalue weighted by Crippen LogP contribution is 2.34. The summed E-state index contributed by atoms with van der Waals surface area (Å²) in [4.78, 5) is 8.70. The van der Waals surface area contributed by atoms with E-state index in [0.717, 1.165) is 11.3 Å². The van der Waals surface area contributed by atoms with Gasteiger partial charge < -0.3 is 5.32 Å². The van der Waals surface area contributed by atoms with Crippen molar-refractivity contribution in [1.29, 1.82) is 0 Å². The zero-order chi connectivity index (χ0) is 18.9. The fourth-order valence-corrected chi connectivity index (χ4v) is 3.72. The van der Waals surface area contributed by atoms with Gasteiger partial charge >= 0.3 is 6.18 Å². The predicted octanol–water partition coefficient (Wildman–Crippen LogP) is 5.70. The molecule has 0 aliphatic carbocycles. The summed E-state index contributed by atoms with van der Waals surface area (Å²) in [5, 5.41) is 3.76. The second-order valence-corrected chi connectivity index (χ2v) is 8.38. The topological polar surface area (TPSA) is 37.8 Å². The number of alkyl halides is 3. The molecule has 0 aliphatic heterocycles. The first kappa shape index (κ1) is 18.6. The van der Waals surface area contributed by atoms with E-state index in [2.05, 4.69) is 41.3 Å². The van der Waals surface area contributed by atoms with E-state index >= 15 is 0 Å². The van der Waals surface area contributed by atoms with Crippen molar-refractivity contribution >= 4 is 27.4 Å². The molecule has 0 atom stereocenters. The lowest BCUT2D eigenvalue weighted by atomic mass is 9.85. The first-order chi connectivity index (χ1) is 12.1. The molecule has 2 heterocycles. The Morgan fingerprint density at radius 2 is 1.77 bits per heavy atom. The molecule has 0 saturated heterocycles. The number of nitrogens with zero attached hydrogens (tertiary/aromatic N) is 2. The van der Waals surface area contributed by atoms with E-state index in [9.17, 15) is 13.2 Å². The van der Waals surface area contributed by atoms with Crippen LogP contribution < -0.4 is 5.32 Å². The molecule has 2 aromatic heterocycles. The summed E-state index contributed by atoms with van der Waals surface area (Å²) in [7, 11) is 0. The minimum Gasteiger partial charge on any atom is -0.369 e. The Kier molecular flexibility index (Phi) is 4.92. The van der Waals surface area contributed by atoms with Crippen molar-refractivity contribution in [3.8, 4) is 0 Å². The molecule has 0 bridgehead atoms. The smallest absolute Gasteiger partial charge is 0.369 e. The minimum absolute atomic E-state index is 0.151. The number of thiophene rings is 1. The van der Waals surface area contributed by atoms with E-state index in [1.165, 1.54) is 16.9 Å². The van der Waals surface area contributed by atoms with Gasteiger partial charge in [0.1, 0.15) is 10.6 Å². The maximum Gasteiger partial charge on any atom is 0.451 e. The second-order valence-electron chi connectivity index (χ2n) is 7.15. The molecular formula is C19H20F3N3S. The van der Waals surface area contributed by atoms with Crippen molar-refractivity contribution < 1.29 is 13.2 Å². The summed E-state index contributed by atoms with van der Waals surface area (Å²) in [6, 6.07) is 11.9. The lowest BCUT2D eigenvalue weighted by molar-refractivity contribution is -0.144. The molecule has 0 unspecified atom stereocenters. The monoisotopic (exact) mass is 379 g/mol. The summed E-state index contributed by atoms with van der Waals surface area (Å²) >= 11 is 1.24. The maximum atomic E-state index is 13.1. The molecule has 0 spiro atoms. The highest BCUT2D eigenvalue weighted by atomic mass is 32.1. The van der Waals surface area contributed by atoms with Crippen LogP contribution in [0.25, 0.3) is 10.2 Å². The summed E-state index contributed by atoms with van der Waals surface area (Å²) in [5.74, 6) is -0.858. The molecule has 138 valence electrons. The van der Waals surface area contributed by atoms with Gasteiger partial charge in [-0.1, -0.05) is 44.2 Å². The molecule has 1 N–H and O–H groups in total. The SMILES string of the molecule is Cc1cc2c(NCC(C)(C)Cc3ccccc3)nc(C(F)(F)F)nc2s1. The second kappa shape index (κ2) is 6.87. The van der Waals surface area contributed by atoms with Crippen molar-refractivity contribution in [2.75, 3.05) is 11.9 Å². The molecule has 1 aromatic carbocycles. The van der Waals surface area contributed by atoms with Crippen LogP contribution in [0.5, 0.6) is 0 Å². The van der Waals surface area contributed by atoms with Crippen LogP contribution in [0.15, 0.2) is 36.4 Å². The fraction of sp³-hybridized carbons (Fsp3) is 0.368. The first-order valence-corrected chi connectivity index (χ1v) is 9.09. The first-order valence-electron chi connectivity index (χ1n) is 8.27. The van der Waals surface area contributed by atoms with Crippen LogP contribution in [0.3, 0.4) is 0 Å². The molecule has 3 nitrogen and oxygen atoms in total. The van der Waals surface area contributed by atoms with Gasteiger partial charge in [0.05, 0.1) is 5.39 Å². The molecule has 7 heteroatoms. The Balaban J connectivity index is 1.85. The maximum absolute atomic E-state index is 13.1. The van der Waals surface area contributed by atoms with Crippen LogP contribution in [-0.2, 0) is 12.6 Å². The Morgan fingerprint density at radius 1 is 1.08 bits per heavy atom. The van der Waals surface area contributed by atoms with Crippen LogP contribution in [0.2, 0.25) is 0 Å². The number of aromatic nitrogens is 2. The van der Waals surface area contributed by atoms with Gasteiger partial charge in [0.25, 0.3) is 0 Å². The number of nitrogens with one attached hydrogen (secondary N) is 1. The molecule has 0 saturated carbocycles. The number of hydrogen-bond acceptors (Lipinski definition) is 4. The molecule has 0 radical (unpaired) electrons. The van der Waals surface area contributed by atoms with Crippen LogP contribution in [-0.4, -0.2) is 16.5 Å². The molecule has 0 aliphatic rings. The number of rotatable bonds is 5. The third-order valence-corrected chi connectivity index (χ3v) is 4.97. The van der Waals surface area contributed by atoms with Gasteiger partial charge in [0.15, 0.2) is 0 Å². The lowest BCUT2D eigenvalue weighted by Crippen LogP contribution is -2.26. The Labute approximate surface area is 154 Å². The number of hydrogen-bond donors (Lipinski definition) is 1. The predicted molar refractivity (Wildman–Crippen MR) is 99.6 cm³/mol. The molecule has 3 aromatic rings. The van der Waals surface area contributed by atoms with Gasteiger partial charge in [-0.2, -0.15) is 13.2 Å². The number of anilines is 1. The standard InChI is InChI=1S/C19H20F3N3S/c1-12-9-14-15(24-17(19(20,21)22)25-16(14)26-12)23-11-18(2,3)10-13-7-5-4-6-8-13/h4-9H,10-11H2,1-3H3,(H,23,24,25). The largest absolute Gasteiger partial charge is 0.451 e. The van der Waals surface area contributed by atoms with E-state index in [1.54, 1.807) is 0 Å². The van der Waals surface area contributed by atoms with E-state index < -0.39 is 12.0 Å². The highest BCUT2D eigenvalue weighted by molar-refractivity contribution is 7.18. The lowest BCUT2D eigenvalue weighted by Gasteiger charge is -2.25. The van der Waals surface area contributed by atoms with Crippen molar-refractivity contribution in [3.05, 3.63) is 52.7 Å². The Morgan fingerprint density at radius 3 is 2.42 bits per heavy atom. The zero-order valence-corrected chi connectivity index (χ0v) is 15.6. The van der Waals surface area contributed by atoms with Crippen LogP contribution >= 0.6 is 11.3 Å². The number of benzene rings is 1. The third-order valence-electron chi connectivity index (χ3n) is 4.03. The van der Waals surface area contributed by atoms with Crippen LogP contribution in [0.1, 0.15) is 30.1 Å². The number of aryl methyl sites for hydroxylation is 1. The van der Waals surface area contributed by atoms with Crippen molar-refractivity contribution in [2.45, 2.75) is 33.4 Å². The molecule has 0 fully saturated rings. The molecular weight excluding hydrogens is 359 g/mol. The van der Waals surface area contributed by atoms with E-state index in [0.29, 0.717) is 16.8 Å². The van der Waals surface area contributed by atoms with Gasteiger partial charge in [0.2, 0.25) is 5.82 Å². The average Bonchev–Trinajstić information content (AvgIpc) is 2.92. The van der Waals surface area contributed by atoms with E-state index in [4.69, 9.17) is 0 Å². The Hall–Kier alpha value is -2.15. The molecule has 0 amide bonds. The van der Waals surface area contributed by atoms with Gasteiger partial charge in [-0.25, -0.2) is 9.97 Å². The highest BCUT2D eigenvalue weighted by Gasteiger charge is 2.36. The van der Waals surface area contributed by atoms with Crippen LogP contribution in [0.4, 0.5) is 19.0 Å². The fourth-order valence-electron chi connectivity index (χ4n) is 2.84. The summed E-state index contributed by atoms with van der Waals surface area (Å²) in [5.41, 5.74) is 1.04. The minimum atomic E-state index is -4.57. The van der Waals surface area contributed by atoms with E-state index in [-0.39, 0.29) is 11.2 Å². The summed E-state index contributed by atoms with van der Waals surface area (Å²) in [6.07, 6.45) is -3.76. The van der Waals surface area contributed by atoms with Gasteiger partial charge in [0, 0.05) is 11.4 Å². The normalized spacial score (nSPS) is 12.5.